The van der Waals surface area contributed by atoms with Gasteiger partial charge in [-0.3, -0.25) is 0 Å². The molecule has 7 heteroatoms. The van der Waals surface area contributed by atoms with Gasteiger partial charge in [0.15, 0.2) is 0 Å². The van der Waals surface area contributed by atoms with Gasteiger partial charge in [0.2, 0.25) is 5.95 Å². The van der Waals surface area contributed by atoms with Crippen LogP contribution in [0.1, 0.15) is 21.0 Å². The van der Waals surface area contributed by atoms with Crippen LogP contribution in [0.3, 0.4) is 0 Å². The zero-order valence-corrected chi connectivity index (χ0v) is 15.8. The van der Waals surface area contributed by atoms with Crippen molar-refractivity contribution in [1.29, 1.82) is 0 Å². The van der Waals surface area contributed by atoms with Crippen molar-refractivity contribution in [2.75, 3.05) is 12.3 Å². The summed E-state index contributed by atoms with van der Waals surface area (Å²) in [6.45, 7) is 1.69. The van der Waals surface area contributed by atoms with Gasteiger partial charge in [0.25, 0.3) is 0 Å². The van der Waals surface area contributed by atoms with Crippen LogP contribution < -0.4 is 11.1 Å². The van der Waals surface area contributed by atoms with Crippen LogP contribution in [0.5, 0.6) is 0 Å². The first-order valence-corrected chi connectivity index (χ1v) is 9.47. The molecular formula is C18H18Cl2N4S. The molecule has 1 aromatic carbocycles. The predicted molar refractivity (Wildman–Crippen MR) is 105 cm³/mol. The fourth-order valence-electron chi connectivity index (χ4n) is 2.46. The molecular weight excluding hydrogens is 375 g/mol. The van der Waals surface area contributed by atoms with Gasteiger partial charge >= 0.3 is 0 Å². The average molecular weight is 393 g/mol. The largest absolute Gasteiger partial charge is 0.368 e. The van der Waals surface area contributed by atoms with Crippen LogP contribution in [0.2, 0.25) is 10.0 Å². The predicted octanol–water partition coefficient (Wildman–Crippen LogP) is 4.35. The van der Waals surface area contributed by atoms with E-state index in [1.165, 1.54) is 9.75 Å². The molecule has 0 aliphatic heterocycles. The Morgan fingerprint density at radius 3 is 2.72 bits per heavy atom. The second-order valence-corrected chi connectivity index (χ2v) is 7.71. The van der Waals surface area contributed by atoms with Crippen LogP contribution in [-0.4, -0.2) is 16.5 Å². The van der Waals surface area contributed by atoms with Crippen LogP contribution in [0.25, 0.3) is 0 Å². The molecule has 25 heavy (non-hydrogen) atoms. The van der Waals surface area contributed by atoms with Crippen LogP contribution in [-0.2, 0) is 19.4 Å². The third-order valence-electron chi connectivity index (χ3n) is 3.69. The first kappa shape index (κ1) is 18.1. The topological polar surface area (TPSA) is 63.8 Å². The number of rotatable bonds is 7. The van der Waals surface area contributed by atoms with Crippen molar-refractivity contribution in [2.45, 2.75) is 19.4 Å². The molecule has 0 amide bonds. The van der Waals surface area contributed by atoms with Crippen molar-refractivity contribution in [1.82, 2.24) is 15.3 Å². The number of halogens is 2. The Kier molecular flexibility index (Phi) is 6.26. The molecule has 3 N–H and O–H groups in total. The molecule has 3 aromatic rings. The van der Waals surface area contributed by atoms with E-state index in [1.54, 1.807) is 23.6 Å². The number of thiophene rings is 1. The Bertz CT molecular complexity index is 851. The molecule has 0 saturated heterocycles. The van der Waals surface area contributed by atoms with E-state index in [2.05, 4.69) is 27.4 Å². The first-order chi connectivity index (χ1) is 12.1. The molecule has 0 radical (unpaired) electrons. The molecule has 0 saturated carbocycles. The Balaban J connectivity index is 1.47. The highest BCUT2D eigenvalue weighted by Gasteiger charge is 2.04. The third-order valence-corrected chi connectivity index (χ3v) is 5.36. The second kappa shape index (κ2) is 8.63. The summed E-state index contributed by atoms with van der Waals surface area (Å²) >= 11 is 13.9. The fourth-order valence-corrected chi connectivity index (χ4v) is 3.97. The summed E-state index contributed by atoms with van der Waals surface area (Å²) in [6.07, 6.45) is 3.34. The molecule has 0 fully saturated rings. The Labute approximate surface area is 161 Å². The number of hydrogen-bond acceptors (Lipinski definition) is 5. The van der Waals surface area contributed by atoms with E-state index in [9.17, 15) is 0 Å². The van der Waals surface area contributed by atoms with E-state index in [0.29, 0.717) is 11.0 Å². The number of hydrogen-bond donors (Lipinski definition) is 2. The average Bonchev–Trinajstić information content (AvgIpc) is 3.00. The molecule has 0 atom stereocenters. The Morgan fingerprint density at radius 2 is 1.92 bits per heavy atom. The van der Waals surface area contributed by atoms with Crippen molar-refractivity contribution in [2.24, 2.45) is 0 Å². The maximum atomic E-state index is 6.19. The van der Waals surface area contributed by atoms with Gasteiger partial charge < -0.3 is 11.1 Å². The molecule has 0 bridgehead atoms. The molecule has 130 valence electrons. The van der Waals surface area contributed by atoms with Crippen molar-refractivity contribution in [3.05, 3.63) is 73.7 Å². The van der Waals surface area contributed by atoms with Gasteiger partial charge in [0, 0.05) is 39.0 Å². The lowest BCUT2D eigenvalue weighted by atomic mass is 10.1. The van der Waals surface area contributed by atoms with Crippen LogP contribution in [0.4, 0.5) is 5.95 Å². The number of benzene rings is 1. The smallest absolute Gasteiger partial charge is 0.220 e. The number of anilines is 1. The number of nitrogens with two attached hydrogens (primary N) is 1. The standard InChI is InChI=1S/C18H18Cl2N4S/c19-13-2-1-12(17(20)9-13)5-7-22-11-16-4-3-15(25-16)10-14-6-8-23-18(21)24-14/h1-4,6,8-9,22H,5,7,10-11H2,(H2,21,23,24). The summed E-state index contributed by atoms with van der Waals surface area (Å²) in [4.78, 5) is 10.7. The lowest BCUT2D eigenvalue weighted by Crippen LogP contribution is -2.16. The maximum absolute atomic E-state index is 6.19. The van der Waals surface area contributed by atoms with E-state index in [1.807, 2.05) is 18.2 Å². The normalized spacial score (nSPS) is 11.0. The highest BCUT2D eigenvalue weighted by Crippen LogP contribution is 2.22. The van der Waals surface area contributed by atoms with E-state index in [4.69, 9.17) is 28.9 Å². The van der Waals surface area contributed by atoms with Gasteiger partial charge in [-0.05, 0) is 48.9 Å². The molecule has 0 unspecified atom stereocenters. The van der Waals surface area contributed by atoms with E-state index in [0.717, 1.165) is 42.2 Å². The summed E-state index contributed by atoms with van der Waals surface area (Å²) in [5, 5.41) is 4.84. The number of aromatic nitrogens is 2. The van der Waals surface area contributed by atoms with Crippen molar-refractivity contribution < 1.29 is 0 Å². The van der Waals surface area contributed by atoms with Gasteiger partial charge in [0.05, 0.1) is 5.69 Å². The lowest BCUT2D eigenvalue weighted by Gasteiger charge is -2.06. The zero-order valence-electron chi connectivity index (χ0n) is 13.5. The summed E-state index contributed by atoms with van der Waals surface area (Å²) in [6, 6.07) is 11.8. The molecule has 0 spiro atoms. The van der Waals surface area contributed by atoms with E-state index in [-0.39, 0.29) is 0 Å². The van der Waals surface area contributed by atoms with Crippen LogP contribution >= 0.6 is 34.5 Å². The Hall–Kier alpha value is -1.66. The fraction of sp³-hybridized carbons (Fsp3) is 0.222. The molecule has 3 rings (SSSR count). The summed E-state index contributed by atoms with van der Waals surface area (Å²) in [7, 11) is 0. The minimum atomic E-state index is 0.316. The lowest BCUT2D eigenvalue weighted by molar-refractivity contribution is 0.694. The maximum Gasteiger partial charge on any atom is 0.220 e. The van der Waals surface area contributed by atoms with Crippen molar-refractivity contribution >= 4 is 40.5 Å². The molecule has 0 aliphatic carbocycles. The van der Waals surface area contributed by atoms with Crippen LogP contribution in [0, 0.1) is 0 Å². The molecule has 2 heterocycles. The molecule has 4 nitrogen and oxygen atoms in total. The van der Waals surface area contributed by atoms with Gasteiger partial charge in [-0.2, -0.15) is 0 Å². The van der Waals surface area contributed by atoms with Crippen molar-refractivity contribution in [3.8, 4) is 0 Å². The minimum Gasteiger partial charge on any atom is -0.368 e. The summed E-state index contributed by atoms with van der Waals surface area (Å²) < 4.78 is 0. The summed E-state index contributed by atoms with van der Waals surface area (Å²) in [5.74, 6) is 0.316. The van der Waals surface area contributed by atoms with E-state index < -0.39 is 0 Å². The van der Waals surface area contributed by atoms with Crippen LogP contribution in [0.15, 0.2) is 42.6 Å². The van der Waals surface area contributed by atoms with Gasteiger partial charge in [-0.1, -0.05) is 29.3 Å². The van der Waals surface area contributed by atoms with Gasteiger partial charge in [-0.15, -0.1) is 11.3 Å². The number of nitrogen functional groups attached to an aromatic ring is 1. The highest BCUT2D eigenvalue weighted by molar-refractivity contribution is 7.12. The quantitative estimate of drug-likeness (QED) is 0.586. The first-order valence-electron chi connectivity index (χ1n) is 7.90. The minimum absolute atomic E-state index is 0.316. The monoisotopic (exact) mass is 392 g/mol. The zero-order chi connectivity index (χ0) is 17.6. The van der Waals surface area contributed by atoms with E-state index >= 15 is 0 Å². The SMILES string of the molecule is Nc1nccc(Cc2ccc(CNCCc3ccc(Cl)cc3Cl)s2)n1. The number of nitrogens with zero attached hydrogens (tertiary/aromatic N) is 2. The molecule has 0 aliphatic rings. The van der Waals surface area contributed by atoms with Crippen molar-refractivity contribution in [3.63, 3.8) is 0 Å². The summed E-state index contributed by atoms with van der Waals surface area (Å²) in [5.41, 5.74) is 7.66. The Morgan fingerprint density at radius 1 is 1.08 bits per heavy atom. The van der Waals surface area contributed by atoms with Gasteiger partial charge in [-0.25, -0.2) is 9.97 Å². The van der Waals surface area contributed by atoms with Gasteiger partial charge in [0.1, 0.15) is 0 Å². The number of nitrogens with one attached hydrogen (secondary N) is 1. The second-order valence-electron chi connectivity index (χ2n) is 5.61. The highest BCUT2D eigenvalue weighted by atomic mass is 35.5. The third kappa shape index (κ3) is 5.41. The molecule has 2 aromatic heterocycles.